The summed E-state index contributed by atoms with van der Waals surface area (Å²) >= 11 is 0. The van der Waals surface area contributed by atoms with E-state index in [9.17, 15) is 4.79 Å². The summed E-state index contributed by atoms with van der Waals surface area (Å²) in [6.45, 7) is 8.15. The van der Waals surface area contributed by atoms with Gasteiger partial charge in [0.25, 0.3) is 0 Å². The van der Waals surface area contributed by atoms with E-state index in [4.69, 9.17) is 4.74 Å². The molecule has 0 aromatic heterocycles. The summed E-state index contributed by atoms with van der Waals surface area (Å²) in [7, 11) is 0. The van der Waals surface area contributed by atoms with Crippen LogP contribution in [-0.4, -0.2) is 50.1 Å². The lowest BCUT2D eigenvalue weighted by molar-refractivity contribution is -0.115. The maximum atomic E-state index is 12.6. The fourth-order valence-corrected chi connectivity index (χ4v) is 3.89. The number of rotatable bonds is 5. The van der Waals surface area contributed by atoms with E-state index in [1.807, 2.05) is 30.3 Å². The fourth-order valence-electron chi connectivity index (χ4n) is 3.89. The summed E-state index contributed by atoms with van der Waals surface area (Å²) in [5.74, 6) is 0.976. The lowest BCUT2D eigenvalue weighted by atomic mass is 10.1. The van der Waals surface area contributed by atoms with Crippen LogP contribution in [0.2, 0.25) is 0 Å². The number of hydrogen-bond donors (Lipinski definition) is 1. The first-order chi connectivity index (χ1) is 13.2. The van der Waals surface area contributed by atoms with Crippen LogP contribution in [0.3, 0.4) is 0 Å². The summed E-state index contributed by atoms with van der Waals surface area (Å²) in [5.41, 5.74) is 4.25. The molecule has 0 spiro atoms. The van der Waals surface area contributed by atoms with Crippen LogP contribution in [0.1, 0.15) is 18.1 Å². The summed E-state index contributed by atoms with van der Waals surface area (Å²) in [6, 6.07) is 14.2. The third-order valence-electron chi connectivity index (χ3n) is 5.46. The number of piperazine rings is 1. The third kappa shape index (κ3) is 4.08. The molecule has 2 aromatic carbocycles. The molecule has 2 aliphatic heterocycles. The molecule has 0 aliphatic carbocycles. The molecule has 1 fully saturated rings. The first-order valence-electron chi connectivity index (χ1n) is 9.83. The molecule has 2 heterocycles. The van der Waals surface area contributed by atoms with Gasteiger partial charge in [-0.3, -0.25) is 4.79 Å². The van der Waals surface area contributed by atoms with Gasteiger partial charge >= 0.3 is 0 Å². The Hall–Kier alpha value is -2.53. The van der Waals surface area contributed by atoms with Gasteiger partial charge in [-0.25, -0.2) is 0 Å². The zero-order valence-corrected chi connectivity index (χ0v) is 15.9. The summed E-state index contributed by atoms with van der Waals surface area (Å²) in [4.78, 5) is 17.5. The molecule has 1 saturated heterocycles. The van der Waals surface area contributed by atoms with Gasteiger partial charge < -0.3 is 19.9 Å². The second-order valence-corrected chi connectivity index (χ2v) is 7.20. The molecular weight excluding hydrogens is 338 g/mol. The average molecular weight is 365 g/mol. The molecule has 0 radical (unpaired) electrons. The van der Waals surface area contributed by atoms with Gasteiger partial charge in [0.15, 0.2) is 0 Å². The molecule has 0 atom stereocenters. The zero-order valence-electron chi connectivity index (χ0n) is 15.9. The molecule has 5 heteroatoms. The van der Waals surface area contributed by atoms with Crippen LogP contribution in [0, 0.1) is 0 Å². The molecular formula is C22H27N3O2. The van der Waals surface area contributed by atoms with Gasteiger partial charge in [-0.05, 0) is 35.9 Å². The Morgan fingerprint density at radius 1 is 1.11 bits per heavy atom. The van der Waals surface area contributed by atoms with Gasteiger partial charge in [-0.1, -0.05) is 31.2 Å². The molecule has 142 valence electrons. The van der Waals surface area contributed by atoms with Gasteiger partial charge in [0, 0.05) is 32.6 Å². The number of benzene rings is 2. The first-order valence-corrected chi connectivity index (χ1v) is 9.83. The number of fused-ring (bicyclic) bond motifs is 1. The number of carbonyl (C=O) groups is 1. The summed E-state index contributed by atoms with van der Waals surface area (Å²) < 4.78 is 5.54. The highest BCUT2D eigenvalue weighted by atomic mass is 16.5. The lowest BCUT2D eigenvalue weighted by Gasteiger charge is -2.36. The van der Waals surface area contributed by atoms with Crippen molar-refractivity contribution in [2.75, 3.05) is 49.5 Å². The van der Waals surface area contributed by atoms with Crippen LogP contribution in [0.4, 0.5) is 11.4 Å². The Morgan fingerprint density at radius 3 is 2.74 bits per heavy atom. The molecule has 1 amide bonds. The van der Waals surface area contributed by atoms with Crippen LogP contribution in [0.5, 0.6) is 5.75 Å². The number of likely N-dealkylation sites (N-methyl/N-ethyl adjacent to an activating group) is 1. The predicted molar refractivity (Wildman–Crippen MR) is 109 cm³/mol. The summed E-state index contributed by atoms with van der Waals surface area (Å²) in [6.07, 6.45) is 1.31. The highest BCUT2D eigenvalue weighted by Gasteiger charge is 2.19. The molecule has 0 saturated carbocycles. The van der Waals surface area contributed by atoms with E-state index >= 15 is 0 Å². The molecule has 1 N–H and O–H groups in total. The van der Waals surface area contributed by atoms with Gasteiger partial charge in [0.1, 0.15) is 5.75 Å². The van der Waals surface area contributed by atoms with E-state index in [0.29, 0.717) is 6.42 Å². The van der Waals surface area contributed by atoms with Crippen LogP contribution in [0.25, 0.3) is 0 Å². The topological polar surface area (TPSA) is 44.8 Å². The smallest absolute Gasteiger partial charge is 0.228 e. The van der Waals surface area contributed by atoms with Crippen molar-refractivity contribution < 1.29 is 9.53 Å². The molecule has 5 nitrogen and oxygen atoms in total. The molecule has 27 heavy (non-hydrogen) atoms. The van der Waals surface area contributed by atoms with E-state index in [1.165, 1.54) is 5.56 Å². The van der Waals surface area contributed by atoms with Crippen LogP contribution in [-0.2, 0) is 17.6 Å². The van der Waals surface area contributed by atoms with Crippen LogP contribution in [0.15, 0.2) is 42.5 Å². The summed E-state index contributed by atoms with van der Waals surface area (Å²) in [5, 5.41) is 3.12. The van der Waals surface area contributed by atoms with Crippen molar-refractivity contribution in [3.63, 3.8) is 0 Å². The minimum atomic E-state index is 0.0218. The highest BCUT2D eigenvalue weighted by Crippen LogP contribution is 2.28. The molecule has 0 unspecified atom stereocenters. The number of para-hydroxylation sites is 2. The fraction of sp³-hybridized carbons (Fsp3) is 0.409. The Bertz CT molecular complexity index is 813. The van der Waals surface area contributed by atoms with Crippen molar-refractivity contribution in [2.24, 2.45) is 0 Å². The number of nitrogens with zero attached hydrogens (tertiary/aromatic N) is 2. The Labute approximate surface area is 160 Å². The van der Waals surface area contributed by atoms with E-state index < -0.39 is 0 Å². The van der Waals surface area contributed by atoms with E-state index in [2.05, 4.69) is 34.2 Å². The van der Waals surface area contributed by atoms with Gasteiger partial charge in [0.2, 0.25) is 5.91 Å². The Kier molecular flexibility index (Phi) is 5.30. The quantitative estimate of drug-likeness (QED) is 0.885. The zero-order chi connectivity index (χ0) is 18.6. The molecule has 0 bridgehead atoms. The van der Waals surface area contributed by atoms with Crippen molar-refractivity contribution in [1.29, 1.82) is 0 Å². The minimum absolute atomic E-state index is 0.0218. The van der Waals surface area contributed by atoms with Gasteiger partial charge in [0.05, 0.1) is 24.4 Å². The van der Waals surface area contributed by atoms with Gasteiger partial charge in [-0.15, -0.1) is 0 Å². The van der Waals surface area contributed by atoms with Crippen molar-refractivity contribution in [2.45, 2.75) is 19.8 Å². The Morgan fingerprint density at radius 2 is 1.93 bits per heavy atom. The number of hydrogen-bond acceptors (Lipinski definition) is 4. The number of anilines is 2. The Balaban J connectivity index is 1.42. The SMILES string of the molecule is CCN1CCN(c2ccccc2NC(=O)Cc2ccc3c(c2)CCO3)CC1. The van der Waals surface area contributed by atoms with Crippen molar-refractivity contribution >= 4 is 17.3 Å². The maximum absolute atomic E-state index is 12.6. The van der Waals surface area contributed by atoms with Gasteiger partial charge in [-0.2, -0.15) is 0 Å². The van der Waals surface area contributed by atoms with E-state index in [0.717, 1.165) is 68.4 Å². The first kappa shape index (κ1) is 17.9. The van der Waals surface area contributed by atoms with E-state index in [-0.39, 0.29) is 5.91 Å². The predicted octanol–water partition coefficient (Wildman–Crippen LogP) is 2.94. The molecule has 4 rings (SSSR count). The number of nitrogens with one attached hydrogen (secondary N) is 1. The van der Waals surface area contributed by atoms with Crippen LogP contribution < -0.4 is 15.0 Å². The van der Waals surface area contributed by atoms with Crippen molar-refractivity contribution in [3.8, 4) is 5.75 Å². The third-order valence-corrected chi connectivity index (χ3v) is 5.46. The monoisotopic (exact) mass is 365 g/mol. The van der Waals surface area contributed by atoms with Crippen LogP contribution >= 0.6 is 0 Å². The van der Waals surface area contributed by atoms with E-state index in [1.54, 1.807) is 0 Å². The largest absolute Gasteiger partial charge is 0.493 e. The van der Waals surface area contributed by atoms with Crippen molar-refractivity contribution in [1.82, 2.24) is 4.90 Å². The number of carbonyl (C=O) groups excluding carboxylic acids is 1. The second-order valence-electron chi connectivity index (χ2n) is 7.20. The molecule has 2 aromatic rings. The number of ether oxygens (including phenoxy) is 1. The van der Waals surface area contributed by atoms with Crippen molar-refractivity contribution in [3.05, 3.63) is 53.6 Å². The normalized spacial score (nSPS) is 16.7. The maximum Gasteiger partial charge on any atom is 0.228 e. The second kappa shape index (κ2) is 8.01. The highest BCUT2D eigenvalue weighted by molar-refractivity contribution is 5.95. The average Bonchev–Trinajstić information content (AvgIpc) is 3.16. The molecule has 2 aliphatic rings. The standard InChI is InChI=1S/C22H27N3O2/c1-2-24-10-12-25(13-11-24)20-6-4-3-5-19(20)23-22(26)16-17-7-8-21-18(15-17)9-14-27-21/h3-8,15H,2,9-14,16H2,1H3,(H,23,26). The minimum Gasteiger partial charge on any atom is -0.493 e. The number of amides is 1. The lowest BCUT2D eigenvalue weighted by Crippen LogP contribution is -2.46.